The van der Waals surface area contributed by atoms with E-state index in [1.165, 1.54) is 26.7 Å². The molecule has 2 rings (SSSR count). The quantitative estimate of drug-likeness (QED) is 0.828. The molecule has 2 aromatic rings. The fourth-order valence-electron chi connectivity index (χ4n) is 2.36. The molecule has 100 valence electrons. The lowest BCUT2D eigenvalue weighted by Crippen LogP contribution is -2.18. The molecule has 0 bridgehead atoms. The largest absolute Gasteiger partial charge is 0.309 e. The number of rotatable bonds is 3. The summed E-state index contributed by atoms with van der Waals surface area (Å²) >= 11 is 9.70. The minimum Gasteiger partial charge on any atom is -0.309 e. The number of hydrogen-bond acceptors (Lipinski definition) is 1. The highest BCUT2D eigenvalue weighted by Crippen LogP contribution is 2.29. The van der Waals surface area contributed by atoms with Crippen molar-refractivity contribution in [3.8, 4) is 0 Å². The van der Waals surface area contributed by atoms with E-state index in [-0.39, 0.29) is 6.04 Å². The van der Waals surface area contributed by atoms with Gasteiger partial charge in [-0.15, -0.1) is 0 Å². The summed E-state index contributed by atoms with van der Waals surface area (Å²) in [7, 11) is 1.97. The first kappa shape index (κ1) is 14.6. The molecule has 0 radical (unpaired) electrons. The second kappa shape index (κ2) is 6.08. The van der Waals surface area contributed by atoms with E-state index in [1.807, 2.05) is 25.2 Å². The topological polar surface area (TPSA) is 12.0 Å². The predicted molar refractivity (Wildman–Crippen MR) is 86.0 cm³/mol. The first-order chi connectivity index (χ1) is 9.02. The van der Waals surface area contributed by atoms with Gasteiger partial charge in [-0.1, -0.05) is 51.8 Å². The Morgan fingerprint density at radius 3 is 2.21 bits per heavy atom. The zero-order valence-electron chi connectivity index (χ0n) is 11.3. The monoisotopic (exact) mass is 337 g/mol. The number of nitrogens with one attached hydrogen (secondary N) is 1. The standard InChI is InChI=1S/C16H17BrClN/c1-10-7-13(8-11(2)15(10)17)16(19-3)12-5-4-6-14(18)9-12/h4-9,16,19H,1-3H3. The van der Waals surface area contributed by atoms with E-state index in [4.69, 9.17) is 11.6 Å². The fraction of sp³-hybridized carbons (Fsp3) is 0.250. The van der Waals surface area contributed by atoms with Crippen LogP contribution >= 0.6 is 27.5 Å². The number of halogens is 2. The Balaban J connectivity index is 2.48. The summed E-state index contributed by atoms with van der Waals surface area (Å²) in [6.07, 6.45) is 0. The smallest absolute Gasteiger partial charge is 0.0575 e. The average molecular weight is 339 g/mol. The summed E-state index contributed by atoms with van der Waals surface area (Å²) < 4.78 is 1.18. The second-order valence-electron chi connectivity index (χ2n) is 4.75. The molecule has 0 saturated carbocycles. The minimum atomic E-state index is 0.157. The Morgan fingerprint density at radius 2 is 1.68 bits per heavy atom. The molecule has 19 heavy (non-hydrogen) atoms. The van der Waals surface area contributed by atoms with Crippen LogP contribution in [0.3, 0.4) is 0 Å². The van der Waals surface area contributed by atoms with Crippen molar-refractivity contribution in [1.29, 1.82) is 0 Å². The highest BCUT2D eigenvalue weighted by Gasteiger charge is 2.14. The van der Waals surface area contributed by atoms with E-state index in [9.17, 15) is 0 Å². The molecule has 0 aromatic heterocycles. The molecule has 0 aliphatic carbocycles. The van der Waals surface area contributed by atoms with Crippen LogP contribution in [0.2, 0.25) is 5.02 Å². The van der Waals surface area contributed by atoms with Crippen LogP contribution in [0.25, 0.3) is 0 Å². The zero-order chi connectivity index (χ0) is 14.0. The van der Waals surface area contributed by atoms with E-state index in [2.05, 4.69) is 53.3 Å². The minimum absolute atomic E-state index is 0.157. The van der Waals surface area contributed by atoms with Crippen LogP contribution < -0.4 is 5.32 Å². The Bertz CT molecular complexity index is 572. The molecule has 1 atom stereocenters. The Hall–Kier alpha value is -0.830. The van der Waals surface area contributed by atoms with Crippen molar-refractivity contribution in [2.45, 2.75) is 19.9 Å². The van der Waals surface area contributed by atoms with Crippen LogP contribution in [0.1, 0.15) is 28.3 Å². The van der Waals surface area contributed by atoms with Gasteiger partial charge >= 0.3 is 0 Å². The van der Waals surface area contributed by atoms with Crippen molar-refractivity contribution in [1.82, 2.24) is 5.32 Å². The molecule has 3 heteroatoms. The molecule has 0 aliphatic heterocycles. The van der Waals surface area contributed by atoms with E-state index in [0.717, 1.165) is 5.02 Å². The van der Waals surface area contributed by atoms with Gasteiger partial charge in [-0.3, -0.25) is 0 Å². The normalized spacial score (nSPS) is 12.5. The molecule has 0 aliphatic rings. The third-order valence-corrected chi connectivity index (χ3v) is 4.75. The number of benzene rings is 2. The lowest BCUT2D eigenvalue weighted by Gasteiger charge is -2.19. The van der Waals surface area contributed by atoms with Gasteiger partial charge in [-0.25, -0.2) is 0 Å². The lowest BCUT2D eigenvalue weighted by atomic mass is 9.96. The van der Waals surface area contributed by atoms with Crippen molar-refractivity contribution in [3.05, 3.63) is 68.1 Å². The van der Waals surface area contributed by atoms with Crippen molar-refractivity contribution >= 4 is 27.5 Å². The van der Waals surface area contributed by atoms with Crippen LogP contribution in [0, 0.1) is 13.8 Å². The van der Waals surface area contributed by atoms with Crippen LogP contribution in [-0.4, -0.2) is 7.05 Å². The lowest BCUT2D eigenvalue weighted by molar-refractivity contribution is 0.690. The summed E-state index contributed by atoms with van der Waals surface area (Å²) in [5, 5.41) is 4.13. The van der Waals surface area contributed by atoms with Crippen molar-refractivity contribution in [3.63, 3.8) is 0 Å². The van der Waals surface area contributed by atoms with E-state index < -0.39 is 0 Å². The van der Waals surface area contributed by atoms with Gasteiger partial charge in [0.25, 0.3) is 0 Å². The van der Waals surface area contributed by atoms with Gasteiger partial charge in [-0.2, -0.15) is 0 Å². The Labute approximate surface area is 128 Å². The third kappa shape index (κ3) is 3.19. The van der Waals surface area contributed by atoms with Gasteiger partial charge in [-0.05, 0) is 55.3 Å². The van der Waals surface area contributed by atoms with Crippen LogP contribution in [0.5, 0.6) is 0 Å². The van der Waals surface area contributed by atoms with Crippen LogP contribution in [0.15, 0.2) is 40.9 Å². The first-order valence-electron chi connectivity index (χ1n) is 6.22. The van der Waals surface area contributed by atoms with Gasteiger partial charge in [0, 0.05) is 9.50 Å². The SMILES string of the molecule is CNC(c1cccc(Cl)c1)c1cc(C)c(Br)c(C)c1. The molecule has 0 fully saturated rings. The molecule has 1 unspecified atom stereocenters. The Morgan fingerprint density at radius 1 is 1.05 bits per heavy atom. The molecule has 1 N–H and O–H groups in total. The van der Waals surface area contributed by atoms with Gasteiger partial charge in [0.1, 0.15) is 0 Å². The highest BCUT2D eigenvalue weighted by atomic mass is 79.9. The van der Waals surface area contributed by atoms with E-state index in [0.29, 0.717) is 0 Å². The summed E-state index contributed by atoms with van der Waals surface area (Å²) in [4.78, 5) is 0. The predicted octanol–water partition coefficient (Wildman–Crippen LogP) is 5.03. The molecule has 0 spiro atoms. The maximum Gasteiger partial charge on any atom is 0.0575 e. The maximum absolute atomic E-state index is 6.09. The molecular formula is C16H17BrClN. The molecule has 0 amide bonds. The molecule has 1 nitrogen and oxygen atoms in total. The summed E-state index contributed by atoms with van der Waals surface area (Å²) in [6, 6.07) is 12.6. The number of aryl methyl sites for hydroxylation is 2. The fourth-order valence-corrected chi connectivity index (χ4v) is 2.79. The Kier molecular flexibility index (Phi) is 4.67. The highest BCUT2D eigenvalue weighted by molar-refractivity contribution is 9.10. The summed E-state index contributed by atoms with van der Waals surface area (Å²) in [5.41, 5.74) is 4.92. The maximum atomic E-state index is 6.09. The van der Waals surface area contributed by atoms with E-state index >= 15 is 0 Å². The molecule has 0 heterocycles. The van der Waals surface area contributed by atoms with Gasteiger partial charge < -0.3 is 5.32 Å². The van der Waals surface area contributed by atoms with E-state index in [1.54, 1.807) is 0 Å². The third-order valence-electron chi connectivity index (χ3n) is 3.26. The summed E-state index contributed by atoms with van der Waals surface area (Å²) in [6.45, 7) is 4.23. The van der Waals surface area contributed by atoms with Crippen LogP contribution in [0.4, 0.5) is 0 Å². The second-order valence-corrected chi connectivity index (χ2v) is 5.97. The first-order valence-corrected chi connectivity index (χ1v) is 7.39. The van der Waals surface area contributed by atoms with Crippen molar-refractivity contribution in [2.75, 3.05) is 7.05 Å². The van der Waals surface area contributed by atoms with Gasteiger partial charge in [0.05, 0.1) is 6.04 Å². The molecule has 2 aromatic carbocycles. The number of hydrogen-bond donors (Lipinski definition) is 1. The van der Waals surface area contributed by atoms with Gasteiger partial charge in [0.2, 0.25) is 0 Å². The van der Waals surface area contributed by atoms with Crippen LogP contribution in [-0.2, 0) is 0 Å². The average Bonchev–Trinajstić information content (AvgIpc) is 2.37. The van der Waals surface area contributed by atoms with Crippen molar-refractivity contribution in [2.24, 2.45) is 0 Å². The molecular weight excluding hydrogens is 322 g/mol. The summed E-state index contributed by atoms with van der Waals surface area (Å²) in [5.74, 6) is 0. The van der Waals surface area contributed by atoms with Gasteiger partial charge in [0.15, 0.2) is 0 Å². The molecule has 0 saturated heterocycles. The zero-order valence-corrected chi connectivity index (χ0v) is 13.6. The van der Waals surface area contributed by atoms with Crippen molar-refractivity contribution < 1.29 is 0 Å².